The first-order valence-corrected chi connectivity index (χ1v) is 17.7. The summed E-state index contributed by atoms with van der Waals surface area (Å²) in [6.45, 7) is 0.423. The van der Waals surface area contributed by atoms with Crippen LogP contribution in [-0.2, 0) is 16.2 Å². The molecule has 0 heterocycles. The Balaban J connectivity index is 1.20. The van der Waals surface area contributed by atoms with Crippen LogP contribution in [0.5, 0.6) is 5.75 Å². The number of carbonyl (C=O) groups is 3. The Morgan fingerprint density at radius 2 is 1.31 bits per heavy atom. The molecule has 0 aliphatic carbocycles. The number of nitrogens with one attached hydrogen (secondary N) is 3. The van der Waals surface area contributed by atoms with E-state index in [-0.39, 0.29) is 11.6 Å². The van der Waals surface area contributed by atoms with Crippen molar-refractivity contribution in [2.75, 3.05) is 10.6 Å². The number of amides is 3. The summed E-state index contributed by atoms with van der Waals surface area (Å²) in [6, 6.07) is 49.5. The van der Waals surface area contributed by atoms with E-state index < -0.39 is 17.1 Å². The Kier molecular flexibility index (Phi) is 12.2. The first-order chi connectivity index (χ1) is 25.4. The molecule has 1 atom stereocenters. The molecule has 0 saturated carbocycles. The third-order valence-electron chi connectivity index (χ3n) is 7.75. The van der Waals surface area contributed by atoms with Crippen molar-refractivity contribution in [1.82, 2.24) is 5.32 Å². The van der Waals surface area contributed by atoms with E-state index in [1.54, 1.807) is 72.8 Å². The molecule has 6 aromatic rings. The molecule has 6 aromatic carbocycles. The van der Waals surface area contributed by atoms with Crippen LogP contribution in [0.1, 0.15) is 32.3 Å². The number of ether oxygens (including phenoxy) is 1. The highest BCUT2D eigenvalue weighted by Gasteiger charge is 2.23. The molecular weight excluding hydrogens is 690 g/mol. The predicted molar refractivity (Wildman–Crippen MR) is 209 cm³/mol. The van der Waals surface area contributed by atoms with Crippen molar-refractivity contribution in [2.45, 2.75) is 16.8 Å². The second-order valence-electron chi connectivity index (χ2n) is 11.6. The highest BCUT2D eigenvalue weighted by Crippen LogP contribution is 2.37. The highest BCUT2D eigenvalue weighted by molar-refractivity contribution is 8.00. The molecule has 52 heavy (non-hydrogen) atoms. The molecule has 3 amide bonds. The minimum atomic E-state index is -0.605. The number of carbonyl (C=O) groups excluding carboxylic acids is 3. The molecule has 7 nitrogen and oxygen atoms in total. The Morgan fingerprint density at radius 1 is 0.673 bits per heavy atom. The van der Waals surface area contributed by atoms with Gasteiger partial charge in [-0.25, -0.2) is 0 Å². The summed E-state index contributed by atoms with van der Waals surface area (Å²) in [5.41, 5.74) is 4.08. The smallest absolute Gasteiger partial charge is 0.272 e. The Labute approximate surface area is 311 Å². The topological polar surface area (TPSA) is 96.5 Å². The van der Waals surface area contributed by atoms with Crippen molar-refractivity contribution in [1.29, 1.82) is 0 Å². The van der Waals surface area contributed by atoms with E-state index in [2.05, 4.69) is 16.0 Å². The van der Waals surface area contributed by atoms with Crippen molar-refractivity contribution < 1.29 is 19.1 Å². The van der Waals surface area contributed by atoms with Gasteiger partial charge in [0.15, 0.2) is 0 Å². The summed E-state index contributed by atoms with van der Waals surface area (Å²) in [5, 5.41) is 8.59. The Bertz CT molecular complexity index is 2160. The van der Waals surface area contributed by atoms with Gasteiger partial charge in [-0.1, -0.05) is 115 Å². The second-order valence-corrected chi connectivity index (χ2v) is 13.2. The lowest BCUT2D eigenvalue weighted by Crippen LogP contribution is -2.30. The SMILES string of the molecule is O=C(Nc1cccc(SC(C(=O)Nc2cccc(Cl)c2)c2ccccc2)c1)/C(=C\c1ccc(OCc2ccccc2)cc1)NC(=O)c1ccccc1. The summed E-state index contributed by atoms with van der Waals surface area (Å²) in [5.74, 6) is -0.498. The largest absolute Gasteiger partial charge is 0.489 e. The van der Waals surface area contributed by atoms with E-state index >= 15 is 0 Å². The maximum Gasteiger partial charge on any atom is 0.272 e. The molecule has 3 N–H and O–H groups in total. The van der Waals surface area contributed by atoms with E-state index in [1.165, 1.54) is 11.8 Å². The maximum atomic E-state index is 13.8. The number of anilines is 2. The van der Waals surface area contributed by atoms with Gasteiger partial charge in [-0.15, -0.1) is 11.8 Å². The molecule has 0 aliphatic rings. The van der Waals surface area contributed by atoms with Crippen molar-refractivity contribution in [2.24, 2.45) is 0 Å². The fourth-order valence-electron chi connectivity index (χ4n) is 5.17. The molecule has 9 heteroatoms. The van der Waals surface area contributed by atoms with Gasteiger partial charge in [0.05, 0.1) is 0 Å². The lowest BCUT2D eigenvalue weighted by atomic mass is 10.1. The summed E-state index contributed by atoms with van der Waals surface area (Å²) in [6.07, 6.45) is 1.61. The van der Waals surface area contributed by atoms with E-state index in [4.69, 9.17) is 16.3 Å². The fraction of sp³-hybridized carbons (Fsp3) is 0.0465. The van der Waals surface area contributed by atoms with Gasteiger partial charge in [0, 0.05) is 26.9 Å². The van der Waals surface area contributed by atoms with Crippen molar-refractivity contribution in [3.05, 3.63) is 197 Å². The number of hydrogen-bond acceptors (Lipinski definition) is 5. The highest BCUT2D eigenvalue weighted by atomic mass is 35.5. The third kappa shape index (κ3) is 10.2. The molecule has 0 radical (unpaired) electrons. The molecular formula is C43H34ClN3O4S. The fourth-order valence-corrected chi connectivity index (χ4v) is 6.44. The minimum Gasteiger partial charge on any atom is -0.489 e. The van der Waals surface area contributed by atoms with Crippen LogP contribution in [0.15, 0.2) is 174 Å². The number of thioether (sulfide) groups is 1. The van der Waals surface area contributed by atoms with Gasteiger partial charge in [-0.2, -0.15) is 0 Å². The monoisotopic (exact) mass is 723 g/mol. The first-order valence-electron chi connectivity index (χ1n) is 16.4. The average molecular weight is 724 g/mol. The summed E-state index contributed by atoms with van der Waals surface area (Å²) >= 11 is 7.50. The maximum absolute atomic E-state index is 13.8. The molecule has 0 aliphatic heterocycles. The normalized spacial score (nSPS) is 11.6. The lowest BCUT2D eigenvalue weighted by Gasteiger charge is -2.18. The number of benzene rings is 6. The van der Waals surface area contributed by atoms with Gasteiger partial charge in [0.1, 0.15) is 23.3 Å². The van der Waals surface area contributed by atoms with Crippen LogP contribution in [0, 0.1) is 0 Å². The summed E-state index contributed by atoms with van der Waals surface area (Å²) in [4.78, 5) is 41.3. The molecule has 0 bridgehead atoms. The zero-order valence-electron chi connectivity index (χ0n) is 27.9. The second kappa shape index (κ2) is 17.7. The molecule has 0 spiro atoms. The first kappa shape index (κ1) is 35.7. The molecule has 0 aromatic heterocycles. The van der Waals surface area contributed by atoms with Crippen LogP contribution in [0.2, 0.25) is 5.02 Å². The minimum absolute atomic E-state index is 0.0490. The Morgan fingerprint density at radius 3 is 2.00 bits per heavy atom. The summed E-state index contributed by atoms with van der Waals surface area (Å²) in [7, 11) is 0. The van der Waals surface area contributed by atoms with Crippen LogP contribution in [0.4, 0.5) is 11.4 Å². The van der Waals surface area contributed by atoms with Crippen molar-refractivity contribution in [3.63, 3.8) is 0 Å². The molecule has 1 unspecified atom stereocenters. The van der Waals surface area contributed by atoms with Gasteiger partial charge in [-0.05, 0) is 83.4 Å². The summed E-state index contributed by atoms with van der Waals surface area (Å²) < 4.78 is 5.91. The number of rotatable bonds is 13. The molecule has 258 valence electrons. The van der Waals surface area contributed by atoms with Crippen LogP contribution in [0.3, 0.4) is 0 Å². The standard InChI is InChI=1S/C43H34ClN3O4S/c44-34-18-10-19-35(27-34)46-43(50)40(32-14-6-2-7-15-32)52-38-21-11-20-36(28-38)45-42(49)39(47-41(48)33-16-8-3-9-17-33)26-30-22-24-37(25-23-30)51-29-31-12-4-1-5-13-31/h1-28,40H,29H2,(H,45,49)(H,46,50)(H,47,48)/b39-26+. The van der Waals surface area contributed by atoms with E-state index in [1.807, 2.05) is 97.1 Å². The zero-order chi connectivity index (χ0) is 36.1. The van der Waals surface area contributed by atoms with Crippen LogP contribution < -0.4 is 20.7 Å². The van der Waals surface area contributed by atoms with Crippen LogP contribution in [0.25, 0.3) is 6.08 Å². The third-order valence-corrected chi connectivity index (χ3v) is 9.23. The van der Waals surface area contributed by atoms with Gasteiger partial charge < -0.3 is 20.7 Å². The van der Waals surface area contributed by atoms with Gasteiger partial charge in [0.25, 0.3) is 11.8 Å². The zero-order valence-corrected chi connectivity index (χ0v) is 29.4. The van der Waals surface area contributed by atoms with Gasteiger partial charge in [0.2, 0.25) is 5.91 Å². The van der Waals surface area contributed by atoms with Crippen LogP contribution in [-0.4, -0.2) is 17.7 Å². The van der Waals surface area contributed by atoms with E-state index in [0.29, 0.717) is 39.9 Å². The number of hydrogen-bond donors (Lipinski definition) is 3. The molecule has 0 fully saturated rings. The van der Waals surface area contributed by atoms with Crippen LogP contribution >= 0.6 is 23.4 Å². The van der Waals surface area contributed by atoms with Gasteiger partial charge in [-0.3, -0.25) is 14.4 Å². The van der Waals surface area contributed by atoms with Crippen molar-refractivity contribution in [3.8, 4) is 5.75 Å². The Hall–Kier alpha value is -6.09. The van der Waals surface area contributed by atoms with E-state index in [0.717, 1.165) is 16.0 Å². The molecule has 6 rings (SSSR count). The van der Waals surface area contributed by atoms with Crippen molar-refractivity contribution >= 4 is 58.5 Å². The molecule has 0 saturated heterocycles. The average Bonchev–Trinajstić information content (AvgIpc) is 3.17. The van der Waals surface area contributed by atoms with E-state index in [9.17, 15) is 14.4 Å². The quantitative estimate of drug-likeness (QED) is 0.0815. The predicted octanol–water partition coefficient (Wildman–Crippen LogP) is 9.80. The lowest BCUT2D eigenvalue weighted by molar-refractivity contribution is -0.116. The number of halogens is 1. The van der Waals surface area contributed by atoms with Gasteiger partial charge >= 0.3 is 0 Å².